The molecule has 3 N–H and O–H groups in total. The molecule has 0 aliphatic rings. The number of benzene rings is 2. The standard InChI is InChI=1S/C17H17Cl2N3O2/c1-2-20-17(24)11-5-3-6-12(9-11)21-10-15(23)22-14-8-4-7-13(18)16(14)19/h3-9,21H,2,10H2,1H3,(H,20,24)(H,22,23). The minimum atomic E-state index is -0.275. The summed E-state index contributed by atoms with van der Waals surface area (Å²) in [6, 6.07) is 11.9. The Balaban J connectivity index is 1.95. The number of carbonyl (C=O) groups is 2. The van der Waals surface area contributed by atoms with Gasteiger partial charge in [0.2, 0.25) is 5.91 Å². The van der Waals surface area contributed by atoms with Crippen LogP contribution < -0.4 is 16.0 Å². The molecule has 0 spiro atoms. The minimum Gasteiger partial charge on any atom is -0.376 e. The molecule has 0 atom stereocenters. The van der Waals surface area contributed by atoms with E-state index in [0.717, 1.165) is 0 Å². The molecule has 0 radical (unpaired) electrons. The molecule has 0 aromatic heterocycles. The van der Waals surface area contributed by atoms with Crippen LogP contribution in [0, 0.1) is 0 Å². The van der Waals surface area contributed by atoms with Crippen LogP contribution in [0.5, 0.6) is 0 Å². The summed E-state index contributed by atoms with van der Waals surface area (Å²) < 4.78 is 0. The lowest BCUT2D eigenvalue weighted by Crippen LogP contribution is -2.23. The van der Waals surface area contributed by atoms with Gasteiger partial charge in [-0.25, -0.2) is 0 Å². The van der Waals surface area contributed by atoms with Crippen LogP contribution in [0.25, 0.3) is 0 Å². The average molecular weight is 366 g/mol. The molecule has 0 saturated carbocycles. The third kappa shape index (κ3) is 4.88. The van der Waals surface area contributed by atoms with Crippen LogP contribution in [-0.4, -0.2) is 24.9 Å². The van der Waals surface area contributed by atoms with E-state index >= 15 is 0 Å². The van der Waals surface area contributed by atoms with Crippen molar-refractivity contribution in [1.82, 2.24) is 5.32 Å². The molecule has 0 bridgehead atoms. The van der Waals surface area contributed by atoms with Gasteiger partial charge in [-0.2, -0.15) is 0 Å². The van der Waals surface area contributed by atoms with Gasteiger partial charge in [0, 0.05) is 17.8 Å². The number of hydrogen-bond donors (Lipinski definition) is 3. The van der Waals surface area contributed by atoms with Crippen molar-refractivity contribution in [2.45, 2.75) is 6.92 Å². The Morgan fingerprint density at radius 2 is 1.83 bits per heavy atom. The maximum Gasteiger partial charge on any atom is 0.251 e. The van der Waals surface area contributed by atoms with E-state index in [9.17, 15) is 9.59 Å². The molecule has 2 aromatic rings. The molecule has 2 amide bonds. The minimum absolute atomic E-state index is 0.0295. The fourth-order valence-electron chi connectivity index (χ4n) is 2.01. The summed E-state index contributed by atoms with van der Waals surface area (Å²) in [6.45, 7) is 2.44. The van der Waals surface area contributed by atoms with Gasteiger partial charge in [0.1, 0.15) is 0 Å². The van der Waals surface area contributed by atoms with Crippen molar-refractivity contribution in [3.8, 4) is 0 Å². The summed E-state index contributed by atoms with van der Waals surface area (Å²) in [4.78, 5) is 23.8. The highest BCUT2D eigenvalue weighted by molar-refractivity contribution is 6.44. The fraction of sp³-hybridized carbons (Fsp3) is 0.176. The van der Waals surface area contributed by atoms with Crippen molar-refractivity contribution in [3.63, 3.8) is 0 Å². The summed E-state index contributed by atoms with van der Waals surface area (Å²) in [7, 11) is 0. The second-order valence-corrected chi connectivity index (χ2v) is 5.73. The first-order chi connectivity index (χ1) is 11.5. The Labute approximate surface area is 150 Å². The van der Waals surface area contributed by atoms with E-state index in [1.54, 1.807) is 42.5 Å². The number of amides is 2. The lowest BCUT2D eigenvalue weighted by molar-refractivity contribution is -0.114. The molecule has 0 aliphatic carbocycles. The van der Waals surface area contributed by atoms with Crippen molar-refractivity contribution in [1.29, 1.82) is 0 Å². The molecule has 126 valence electrons. The lowest BCUT2D eigenvalue weighted by Gasteiger charge is -2.10. The van der Waals surface area contributed by atoms with Gasteiger partial charge < -0.3 is 16.0 Å². The van der Waals surface area contributed by atoms with Crippen LogP contribution in [-0.2, 0) is 4.79 Å². The zero-order valence-electron chi connectivity index (χ0n) is 13.0. The zero-order valence-corrected chi connectivity index (χ0v) is 14.5. The normalized spacial score (nSPS) is 10.1. The first kappa shape index (κ1) is 18.1. The number of nitrogens with one attached hydrogen (secondary N) is 3. The quantitative estimate of drug-likeness (QED) is 0.729. The van der Waals surface area contributed by atoms with Crippen LogP contribution in [0.1, 0.15) is 17.3 Å². The van der Waals surface area contributed by atoms with E-state index in [1.807, 2.05) is 6.92 Å². The second-order valence-electron chi connectivity index (χ2n) is 4.94. The third-order valence-corrected chi connectivity index (χ3v) is 3.96. The molecule has 5 nitrogen and oxygen atoms in total. The van der Waals surface area contributed by atoms with Crippen LogP contribution in [0.15, 0.2) is 42.5 Å². The molecule has 0 aliphatic heterocycles. The van der Waals surface area contributed by atoms with Crippen molar-refractivity contribution in [3.05, 3.63) is 58.1 Å². The molecule has 0 fully saturated rings. The number of carbonyl (C=O) groups excluding carboxylic acids is 2. The maximum atomic E-state index is 12.0. The van der Waals surface area contributed by atoms with Crippen molar-refractivity contribution in [2.75, 3.05) is 23.7 Å². The SMILES string of the molecule is CCNC(=O)c1cccc(NCC(=O)Nc2cccc(Cl)c2Cl)c1. The molecular formula is C17H17Cl2N3O2. The van der Waals surface area contributed by atoms with Crippen LogP contribution >= 0.6 is 23.2 Å². The summed E-state index contributed by atoms with van der Waals surface area (Å²) in [5.41, 5.74) is 1.65. The molecule has 0 heterocycles. The molecule has 2 aromatic carbocycles. The smallest absolute Gasteiger partial charge is 0.251 e. The summed E-state index contributed by atoms with van der Waals surface area (Å²) in [5, 5.41) is 9.04. The maximum absolute atomic E-state index is 12.0. The highest BCUT2D eigenvalue weighted by atomic mass is 35.5. The van der Waals surface area contributed by atoms with Crippen molar-refractivity contribution in [2.24, 2.45) is 0 Å². The van der Waals surface area contributed by atoms with E-state index in [-0.39, 0.29) is 18.4 Å². The van der Waals surface area contributed by atoms with Crippen molar-refractivity contribution < 1.29 is 9.59 Å². The molecule has 0 saturated heterocycles. The Hall–Kier alpha value is -2.24. The number of rotatable bonds is 6. The van der Waals surface area contributed by atoms with Gasteiger partial charge in [-0.05, 0) is 37.3 Å². The van der Waals surface area contributed by atoms with Gasteiger partial charge in [-0.1, -0.05) is 35.3 Å². The number of halogens is 2. The Bertz CT molecular complexity index is 750. The van der Waals surface area contributed by atoms with E-state index in [1.165, 1.54) is 0 Å². The van der Waals surface area contributed by atoms with Gasteiger partial charge in [0.25, 0.3) is 5.91 Å². The van der Waals surface area contributed by atoms with Gasteiger partial charge in [-0.3, -0.25) is 9.59 Å². The highest BCUT2D eigenvalue weighted by Crippen LogP contribution is 2.29. The predicted octanol–water partition coefficient (Wildman–Crippen LogP) is 3.79. The van der Waals surface area contributed by atoms with E-state index < -0.39 is 0 Å². The van der Waals surface area contributed by atoms with Gasteiger partial charge in [-0.15, -0.1) is 0 Å². The van der Waals surface area contributed by atoms with Gasteiger partial charge in [0.05, 0.1) is 22.3 Å². The Morgan fingerprint density at radius 1 is 1.08 bits per heavy atom. The second kappa shape index (κ2) is 8.57. The zero-order chi connectivity index (χ0) is 17.5. The van der Waals surface area contributed by atoms with Gasteiger partial charge in [0.15, 0.2) is 0 Å². The van der Waals surface area contributed by atoms with Gasteiger partial charge >= 0.3 is 0 Å². The molecular weight excluding hydrogens is 349 g/mol. The van der Waals surface area contributed by atoms with Crippen LogP contribution in [0.4, 0.5) is 11.4 Å². The van der Waals surface area contributed by atoms with Crippen LogP contribution in [0.2, 0.25) is 10.0 Å². The summed E-state index contributed by atoms with van der Waals surface area (Å²) in [5.74, 6) is -0.432. The topological polar surface area (TPSA) is 70.2 Å². The molecule has 24 heavy (non-hydrogen) atoms. The third-order valence-electron chi connectivity index (χ3n) is 3.14. The number of anilines is 2. The summed E-state index contributed by atoms with van der Waals surface area (Å²) >= 11 is 11.9. The lowest BCUT2D eigenvalue weighted by atomic mass is 10.2. The Morgan fingerprint density at radius 3 is 2.58 bits per heavy atom. The van der Waals surface area contributed by atoms with E-state index in [2.05, 4.69) is 16.0 Å². The molecule has 7 heteroatoms. The molecule has 2 rings (SSSR count). The predicted molar refractivity (Wildman–Crippen MR) is 98.0 cm³/mol. The molecule has 0 unspecified atom stereocenters. The largest absolute Gasteiger partial charge is 0.376 e. The van der Waals surface area contributed by atoms with E-state index in [0.29, 0.717) is 33.5 Å². The average Bonchev–Trinajstić information content (AvgIpc) is 2.58. The fourth-order valence-corrected chi connectivity index (χ4v) is 2.36. The highest BCUT2D eigenvalue weighted by Gasteiger charge is 2.09. The first-order valence-corrected chi connectivity index (χ1v) is 8.13. The van der Waals surface area contributed by atoms with Crippen molar-refractivity contribution >= 4 is 46.4 Å². The van der Waals surface area contributed by atoms with Crippen LogP contribution in [0.3, 0.4) is 0 Å². The van der Waals surface area contributed by atoms with E-state index in [4.69, 9.17) is 23.2 Å². The monoisotopic (exact) mass is 365 g/mol. The Kier molecular flexibility index (Phi) is 6.46. The first-order valence-electron chi connectivity index (χ1n) is 7.37. The summed E-state index contributed by atoms with van der Waals surface area (Å²) in [6.07, 6.45) is 0. The number of hydrogen-bond acceptors (Lipinski definition) is 3.